The third-order valence-corrected chi connectivity index (χ3v) is 5.80. The van der Waals surface area contributed by atoms with Gasteiger partial charge in [-0.3, -0.25) is 4.79 Å². The third kappa shape index (κ3) is 8.44. The Bertz CT molecular complexity index is 566. The molecule has 0 heterocycles. The summed E-state index contributed by atoms with van der Waals surface area (Å²) in [6, 6.07) is 8.35. The summed E-state index contributed by atoms with van der Waals surface area (Å²) in [4.78, 5) is 11.6. The average molecular weight is 344 g/mol. The van der Waals surface area contributed by atoms with Gasteiger partial charge in [-0.05, 0) is 18.4 Å². The Morgan fingerprint density at radius 3 is 2.45 bits per heavy atom. The minimum absolute atomic E-state index is 0.0443. The molecule has 0 saturated carbocycles. The van der Waals surface area contributed by atoms with Crippen molar-refractivity contribution in [3.63, 3.8) is 0 Å². The number of rotatable bonds is 9. The van der Waals surface area contributed by atoms with E-state index in [1.807, 2.05) is 13.8 Å². The Balaban J connectivity index is 2.19. The molecule has 22 heavy (non-hydrogen) atoms. The Labute approximate surface area is 138 Å². The molecule has 0 aliphatic carbocycles. The fourth-order valence-corrected chi connectivity index (χ4v) is 4.41. The van der Waals surface area contributed by atoms with Crippen molar-refractivity contribution in [3.8, 4) is 0 Å². The minimum Gasteiger partial charge on any atom is -0.354 e. The molecular weight excluding hydrogens is 318 g/mol. The van der Waals surface area contributed by atoms with E-state index < -0.39 is 21.5 Å². The SMILES string of the molecule is Cc1ccc(CSCCNC(=O)CS(=O)(=O)CC(C)C)cc1. The first-order valence-corrected chi connectivity index (χ1v) is 10.4. The lowest BCUT2D eigenvalue weighted by atomic mass is 10.2. The zero-order valence-corrected chi connectivity index (χ0v) is 15.1. The quantitative estimate of drug-likeness (QED) is 0.700. The lowest BCUT2D eigenvalue weighted by molar-refractivity contribution is -0.118. The molecule has 0 spiro atoms. The van der Waals surface area contributed by atoms with Crippen LogP contribution >= 0.6 is 11.8 Å². The highest BCUT2D eigenvalue weighted by molar-refractivity contribution is 7.98. The van der Waals surface area contributed by atoms with Crippen molar-refractivity contribution < 1.29 is 13.2 Å². The van der Waals surface area contributed by atoms with Crippen LogP contribution in [0.1, 0.15) is 25.0 Å². The van der Waals surface area contributed by atoms with Gasteiger partial charge in [0.1, 0.15) is 5.75 Å². The second kappa shape index (κ2) is 9.20. The van der Waals surface area contributed by atoms with Gasteiger partial charge in [0, 0.05) is 18.1 Å². The van der Waals surface area contributed by atoms with Crippen LogP contribution in [0, 0.1) is 12.8 Å². The maximum absolute atomic E-state index is 11.7. The lowest BCUT2D eigenvalue weighted by Gasteiger charge is -2.08. The third-order valence-electron chi connectivity index (χ3n) is 2.90. The van der Waals surface area contributed by atoms with Crippen molar-refractivity contribution >= 4 is 27.5 Å². The van der Waals surface area contributed by atoms with E-state index in [1.165, 1.54) is 11.1 Å². The second-order valence-corrected chi connectivity index (χ2v) is 9.05. The molecule has 1 N–H and O–H groups in total. The molecule has 0 atom stereocenters. The summed E-state index contributed by atoms with van der Waals surface area (Å²) in [5.74, 6) is 0.946. The van der Waals surface area contributed by atoms with Gasteiger partial charge in [0.05, 0.1) is 5.75 Å². The molecule has 124 valence electrons. The molecule has 0 unspecified atom stereocenters. The second-order valence-electron chi connectivity index (χ2n) is 5.84. The standard InChI is InChI=1S/C16H25NO3S2/c1-13(2)11-22(19,20)12-16(18)17-8-9-21-10-15-6-4-14(3)5-7-15/h4-7,13H,8-12H2,1-3H3,(H,17,18). The number of sulfone groups is 1. The zero-order chi connectivity index (χ0) is 16.6. The summed E-state index contributed by atoms with van der Waals surface area (Å²) in [6.07, 6.45) is 0. The van der Waals surface area contributed by atoms with Crippen LogP contribution in [0.4, 0.5) is 0 Å². The monoisotopic (exact) mass is 343 g/mol. The number of nitrogens with one attached hydrogen (secondary N) is 1. The van der Waals surface area contributed by atoms with Gasteiger partial charge in [-0.1, -0.05) is 43.7 Å². The molecule has 6 heteroatoms. The molecule has 0 aromatic heterocycles. The molecule has 1 amide bonds. The van der Waals surface area contributed by atoms with Crippen LogP contribution < -0.4 is 5.32 Å². The van der Waals surface area contributed by atoms with Crippen LogP contribution in [0.25, 0.3) is 0 Å². The number of aryl methyl sites for hydroxylation is 1. The number of hydrogen-bond donors (Lipinski definition) is 1. The van der Waals surface area contributed by atoms with Crippen LogP contribution in [0.5, 0.6) is 0 Å². The van der Waals surface area contributed by atoms with Crippen LogP contribution in [-0.4, -0.2) is 38.1 Å². The molecule has 0 aliphatic heterocycles. The fourth-order valence-electron chi connectivity index (χ4n) is 1.95. The summed E-state index contributed by atoms with van der Waals surface area (Å²) in [6.45, 7) is 6.21. The van der Waals surface area contributed by atoms with Gasteiger partial charge in [0.25, 0.3) is 0 Å². The zero-order valence-electron chi connectivity index (χ0n) is 13.5. The first-order chi connectivity index (χ1) is 10.3. The molecule has 1 aromatic rings. The van der Waals surface area contributed by atoms with E-state index >= 15 is 0 Å². The van der Waals surface area contributed by atoms with Crippen LogP contribution in [0.2, 0.25) is 0 Å². The number of carbonyl (C=O) groups is 1. The van der Waals surface area contributed by atoms with Crippen molar-refractivity contribution in [2.75, 3.05) is 23.8 Å². The molecule has 0 radical (unpaired) electrons. The van der Waals surface area contributed by atoms with Gasteiger partial charge in [0.2, 0.25) is 5.91 Å². The van der Waals surface area contributed by atoms with E-state index in [4.69, 9.17) is 0 Å². The highest BCUT2D eigenvalue weighted by Gasteiger charge is 2.17. The Kier molecular flexibility index (Phi) is 7.96. The van der Waals surface area contributed by atoms with Crippen LogP contribution in [0.15, 0.2) is 24.3 Å². The summed E-state index contributed by atoms with van der Waals surface area (Å²) in [7, 11) is -3.29. The topological polar surface area (TPSA) is 63.2 Å². The Hall–Kier alpha value is -1.01. The molecule has 0 bridgehead atoms. The van der Waals surface area contributed by atoms with Crippen molar-refractivity contribution in [1.29, 1.82) is 0 Å². The Morgan fingerprint density at radius 1 is 1.23 bits per heavy atom. The van der Waals surface area contributed by atoms with Crippen molar-refractivity contribution in [3.05, 3.63) is 35.4 Å². The van der Waals surface area contributed by atoms with Crippen molar-refractivity contribution in [2.45, 2.75) is 26.5 Å². The molecule has 0 fully saturated rings. The highest BCUT2D eigenvalue weighted by atomic mass is 32.2. The van der Waals surface area contributed by atoms with E-state index in [9.17, 15) is 13.2 Å². The fraction of sp³-hybridized carbons (Fsp3) is 0.562. The first kappa shape index (κ1) is 19.0. The summed E-state index contributed by atoms with van der Waals surface area (Å²) >= 11 is 1.72. The lowest BCUT2D eigenvalue weighted by Crippen LogP contribution is -2.33. The van der Waals surface area contributed by atoms with E-state index in [2.05, 4.69) is 36.5 Å². The number of thioether (sulfide) groups is 1. The van der Waals surface area contributed by atoms with Gasteiger partial charge in [0.15, 0.2) is 9.84 Å². The van der Waals surface area contributed by atoms with Gasteiger partial charge < -0.3 is 5.32 Å². The van der Waals surface area contributed by atoms with E-state index in [-0.39, 0.29) is 11.7 Å². The molecule has 1 aromatic carbocycles. The summed E-state index contributed by atoms with van der Waals surface area (Å²) in [5.41, 5.74) is 2.49. The maximum atomic E-state index is 11.7. The molecule has 1 rings (SSSR count). The molecule has 4 nitrogen and oxygen atoms in total. The summed E-state index contributed by atoms with van der Waals surface area (Å²) in [5, 5.41) is 2.67. The van der Waals surface area contributed by atoms with E-state index in [0.29, 0.717) is 6.54 Å². The largest absolute Gasteiger partial charge is 0.354 e. The normalized spacial score (nSPS) is 11.6. The minimum atomic E-state index is -3.29. The van der Waals surface area contributed by atoms with Crippen molar-refractivity contribution in [2.24, 2.45) is 5.92 Å². The predicted octanol–water partition coefficient (Wildman–Crippen LogP) is 2.42. The maximum Gasteiger partial charge on any atom is 0.235 e. The number of benzene rings is 1. The average Bonchev–Trinajstić information content (AvgIpc) is 2.38. The molecule has 0 aliphatic rings. The first-order valence-electron chi connectivity index (χ1n) is 7.39. The van der Waals surface area contributed by atoms with Gasteiger partial charge in [-0.15, -0.1) is 0 Å². The van der Waals surface area contributed by atoms with Crippen LogP contribution in [-0.2, 0) is 20.4 Å². The summed E-state index contributed by atoms with van der Waals surface area (Å²) < 4.78 is 23.4. The van der Waals surface area contributed by atoms with E-state index in [1.54, 1.807) is 11.8 Å². The highest BCUT2D eigenvalue weighted by Crippen LogP contribution is 2.12. The Morgan fingerprint density at radius 2 is 1.86 bits per heavy atom. The number of hydrogen-bond acceptors (Lipinski definition) is 4. The predicted molar refractivity (Wildman–Crippen MR) is 93.8 cm³/mol. The van der Waals surface area contributed by atoms with Gasteiger partial charge in [-0.25, -0.2) is 8.42 Å². The number of carbonyl (C=O) groups excluding carboxylic acids is 1. The van der Waals surface area contributed by atoms with Gasteiger partial charge in [-0.2, -0.15) is 11.8 Å². The van der Waals surface area contributed by atoms with E-state index in [0.717, 1.165) is 11.5 Å². The van der Waals surface area contributed by atoms with Crippen LogP contribution in [0.3, 0.4) is 0 Å². The smallest absolute Gasteiger partial charge is 0.235 e. The van der Waals surface area contributed by atoms with Crippen molar-refractivity contribution in [1.82, 2.24) is 5.32 Å². The molecule has 0 saturated heterocycles. The molecular formula is C16H25NO3S2. The number of amides is 1. The van der Waals surface area contributed by atoms with Gasteiger partial charge >= 0.3 is 0 Å².